The van der Waals surface area contributed by atoms with E-state index in [9.17, 15) is 9.59 Å². The third-order valence-electron chi connectivity index (χ3n) is 3.01. The SMILES string of the molecule is O=C(NC1=Nc2ccccc2C(=O)NN1)c1ccc(Cl)cc1. The van der Waals surface area contributed by atoms with Gasteiger partial charge in [-0.05, 0) is 36.4 Å². The van der Waals surface area contributed by atoms with Gasteiger partial charge >= 0.3 is 0 Å². The zero-order valence-electron chi connectivity index (χ0n) is 11.3. The van der Waals surface area contributed by atoms with Crippen molar-refractivity contribution in [3.8, 4) is 0 Å². The molecule has 6 nitrogen and oxygen atoms in total. The minimum absolute atomic E-state index is 0.137. The van der Waals surface area contributed by atoms with Crippen molar-refractivity contribution >= 4 is 35.1 Å². The van der Waals surface area contributed by atoms with Gasteiger partial charge in [0, 0.05) is 10.6 Å². The molecule has 110 valence electrons. The van der Waals surface area contributed by atoms with E-state index in [4.69, 9.17) is 11.6 Å². The molecule has 7 heteroatoms. The third-order valence-corrected chi connectivity index (χ3v) is 3.27. The maximum Gasteiger partial charge on any atom is 0.271 e. The summed E-state index contributed by atoms with van der Waals surface area (Å²) in [6.45, 7) is 0. The Balaban J connectivity index is 1.84. The molecule has 0 saturated carbocycles. The average Bonchev–Trinajstić information content (AvgIpc) is 2.68. The smallest absolute Gasteiger partial charge is 0.271 e. The number of benzene rings is 2. The number of aliphatic imine (C=N–C) groups is 1. The molecule has 0 saturated heterocycles. The fourth-order valence-corrected chi connectivity index (χ4v) is 2.06. The van der Waals surface area contributed by atoms with E-state index in [-0.39, 0.29) is 17.8 Å². The summed E-state index contributed by atoms with van der Waals surface area (Å²) in [6.07, 6.45) is 0. The van der Waals surface area contributed by atoms with Crippen LogP contribution in [0.5, 0.6) is 0 Å². The van der Waals surface area contributed by atoms with Gasteiger partial charge in [0.25, 0.3) is 11.8 Å². The Morgan fingerprint density at radius 2 is 1.77 bits per heavy atom. The van der Waals surface area contributed by atoms with Gasteiger partial charge in [0.2, 0.25) is 5.96 Å². The van der Waals surface area contributed by atoms with Crippen LogP contribution >= 0.6 is 11.6 Å². The molecule has 1 aliphatic rings. The quantitative estimate of drug-likeness (QED) is 0.753. The van der Waals surface area contributed by atoms with E-state index < -0.39 is 0 Å². The maximum absolute atomic E-state index is 12.1. The molecule has 0 radical (unpaired) electrons. The van der Waals surface area contributed by atoms with E-state index in [1.807, 2.05) is 0 Å². The Morgan fingerprint density at radius 3 is 2.55 bits per heavy atom. The maximum atomic E-state index is 12.1. The molecule has 22 heavy (non-hydrogen) atoms. The minimum atomic E-state index is -0.364. The first kappa shape index (κ1) is 14.1. The van der Waals surface area contributed by atoms with Crippen molar-refractivity contribution in [2.24, 2.45) is 4.99 Å². The van der Waals surface area contributed by atoms with E-state index in [1.165, 1.54) is 0 Å². The number of rotatable bonds is 1. The van der Waals surface area contributed by atoms with Crippen LogP contribution in [-0.2, 0) is 0 Å². The van der Waals surface area contributed by atoms with Crippen molar-refractivity contribution in [1.29, 1.82) is 0 Å². The van der Waals surface area contributed by atoms with Crippen molar-refractivity contribution in [3.63, 3.8) is 0 Å². The van der Waals surface area contributed by atoms with Gasteiger partial charge < -0.3 is 0 Å². The molecule has 0 bridgehead atoms. The van der Waals surface area contributed by atoms with E-state index in [0.29, 0.717) is 21.8 Å². The lowest BCUT2D eigenvalue weighted by Crippen LogP contribution is -2.48. The van der Waals surface area contributed by atoms with Crippen LogP contribution < -0.4 is 16.2 Å². The van der Waals surface area contributed by atoms with Gasteiger partial charge in [-0.25, -0.2) is 4.99 Å². The number of hydrogen-bond donors (Lipinski definition) is 3. The number of para-hydroxylation sites is 1. The number of carbonyl (C=O) groups is 2. The van der Waals surface area contributed by atoms with E-state index >= 15 is 0 Å². The highest BCUT2D eigenvalue weighted by molar-refractivity contribution is 6.30. The molecule has 0 spiro atoms. The fourth-order valence-electron chi connectivity index (χ4n) is 1.94. The molecule has 0 fully saturated rings. The van der Waals surface area contributed by atoms with Crippen molar-refractivity contribution in [1.82, 2.24) is 16.2 Å². The highest BCUT2D eigenvalue weighted by Gasteiger charge is 2.17. The van der Waals surface area contributed by atoms with Gasteiger partial charge in [0.05, 0.1) is 11.3 Å². The molecule has 0 unspecified atom stereocenters. The van der Waals surface area contributed by atoms with Crippen LogP contribution in [0.1, 0.15) is 20.7 Å². The second kappa shape index (κ2) is 5.87. The molecule has 1 aliphatic heterocycles. The third kappa shape index (κ3) is 2.91. The topological polar surface area (TPSA) is 82.6 Å². The summed E-state index contributed by atoms with van der Waals surface area (Å²) in [4.78, 5) is 28.2. The first-order valence-corrected chi connectivity index (χ1v) is 6.82. The van der Waals surface area contributed by atoms with Gasteiger partial charge in [-0.3, -0.25) is 25.8 Å². The normalized spacial score (nSPS) is 13.1. The molecule has 2 aromatic rings. The first-order chi connectivity index (χ1) is 10.6. The predicted molar refractivity (Wildman–Crippen MR) is 83.1 cm³/mol. The highest BCUT2D eigenvalue weighted by Crippen LogP contribution is 2.19. The summed E-state index contributed by atoms with van der Waals surface area (Å²) in [5.41, 5.74) is 6.36. The molecule has 3 N–H and O–H groups in total. The number of carbonyl (C=O) groups excluding carboxylic acids is 2. The number of nitrogens with zero attached hydrogens (tertiary/aromatic N) is 1. The Kier molecular flexibility index (Phi) is 3.76. The Labute approximate surface area is 131 Å². The summed E-state index contributed by atoms with van der Waals surface area (Å²) >= 11 is 5.79. The summed E-state index contributed by atoms with van der Waals surface area (Å²) < 4.78 is 0. The van der Waals surface area contributed by atoms with Gasteiger partial charge in [-0.1, -0.05) is 23.7 Å². The highest BCUT2D eigenvalue weighted by atomic mass is 35.5. The molecule has 0 aliphatic carbocycles. The van der Waals surface area contributed by atoms with Gasteiger partial charge in [-0.15, -0.1) is 0 Å². The summed E-state index contributed by atoms with van der Waals surface area (Å²) in [5, 5.41) is 3.14. The van der Waals surface area contributed by atoms with Crippen LogP contribution in [0, 0.1) is 0 Å². The summed E-state index contributed by atoms with van der Waals surface area (Å²) in [7, 11) is 0. The standard InChI is InChI=1S/C15H11ClN4O2/c16-10-7-5-9(6-8-10)13(21)18-15-17-12-4-2-1-3-11(12)14(22)19-20-15/h1-8H,(H,19,22)(H2,17,18,20,21). The van der Waals surface area contributed by atoms with Crippen LogP contribution in [0.4, 0.5) is 5.69 Å². The zero-order chi connectivity index (χ0) is 15.5. The second-order valence-electron chi connectivity index (χ2n) is 4.52. The summed E-state index contributed by atoms with van der Waals surface area (Å²) in [6, 6.07) is 13.3. The zero-order valence-corrected chi connectivity index (χ0v) is 12.0. The molecule has 1 heterocycles. The fraction of sp³-hybridized carbons (Fsp3) is 0. The second-order valence-corrected chi connectivity index (χ2v) is 4.95. The Bertz CT molecular complexity index is 771. The Morgan fingerprint density at radius 1 is 1.05 bits per heavy atom. The lowest BCUT2D eigenvalue weighted by molar-refractivity contribution is 0.0936. The van der Waals surface area contributed by atoms with Crippen molar-refractivity contribution in [2.75, 3.05) is 0 Å². The van der Waals surface area contributed by atoms with Gasteiger partial charge in [-0.2, -0.15) is 0 Å². The number of hydrazine groups is 1. The van der Waals surface area contributed by atoms with Crippen LogP contribution in [0.3, 0.4) is 0 Å². The lowest BCUT2D eigenvalue weighted by Gasteiger charge is -2.09. The van der Waals surface area contributed by atoms with Gasteiger partial charge in [0.1, 0.15) is 0 Å². The van der Waals surface area contributed by atoms with E-state index in [2.05, 4.69) is 21.2 Å². The van der Waals surface area contributed by atoms with Crippen LogP contribution in [0.15, 0.2) is 53.5 Å². The number of guanidine groups is 1. The number of halogens is 1. The number of hydrogen-bond acceptors (Lipinski definition) is 4. The number of fused-ring (bicyclic) bond motifs is 1. The molecule has 2 aromatic carbocycles. The molecule has 2 amide bonds. The summed E-state index contributed by atoms with van der Waals surface area (Å²) in [5.74, 6) is -0.551. The molecule has 3 rings (SSSR count). The first-order valence-electron chi connectivity index (χ1n) is 6.44. The lowest BCUT2D eigenvalue weighted by atomic mass is 10.2. The number of amides is 2. The molecule has 0 atom stereocenters. The predicted octanol–water partition coefficient (Wildman–Crippen LogP) is 2.01. The van der Waals surface area contributed by atoms with E-state index in [0.717, 1.165) is 0 Å². The van der Waals surface area contributed by atoms with E-state index in [1.54, 1.807) is 48.5 Å². The Hall–Kier alpha value is -2.86. The van der Waals surface area contributed by atoms with Gasteiger partial charge in [0.15, 0.2) is 0 Å². The molecular weight excluding hydrogens is 304 g/mol. The largest absolute Gasteiger partial charge is 0.291 e. The number of nitrogens with one attached hydrogen (secondary N) is 3. The van der Waals surface area contributed by atoms with Crippen molar-refractivity contribution in [3.05, 3.63) is 64.7 Å². The monoisotopic (exact) mass is 314 g/mol. The van der Waals surface area contributed by atoms with Crippen LogP contribution in [0.2, 0.25) is 5.02 Å². The van der Waals surface area contributed by atoms with Crippen molar-refractivity contribution in [2.45, 2.75) is 0 Å². The molecule has 0 aromatic heterocycles. The van der Waals surface area contributed by atoms with Crippen LogP contribution in [0.25, 0.3) is 0 Å². The van der Waals surface area contributed by atoms with Crippen molar-refractivity contribution < 1.29 is 9.59 Å². The molecular formula is C15H11ClN4O2. The average molecular weight is 315 g/mol. The van der Waals surface area contributed by atoms with Crippen LogP contribution in [-0.4, -0.2) is 17.8 Å². The minimum Gasteiger partial charge on any atom is -0.291 e.